The average molecular weight is 235 g/mol. The van der Waals surface area contributed by atoms with E-state index in [1.54, 1.807) is 7.11 Å². The monoisotopic (exact) mass is 235 g/mol. The van der Waals surface area contributed by atoms with Crippen molar-refractivity contribution >= 4 is 0 Å². The molecule has 2 nitrogen and oxygen atoms in total. The van der Waals surface area contributed by atoms with Crippen molar-refractivity contribution in [3.8, 4) is 5.75 Å². The first-order valence-corrected chi connectivity index (χ1v) is 6.57. The van der Waals surface area contributed by atoms with Gasteiger partial charge in [0, 0.05) is 12.1 Å². The van der Waals surface area contributed by atoms with Crippen LogP contribution in [-0.4, -0.2) is 13.2 Å². The smallest absolute Gasteiger partial charge is 0.119 e. The van der Waals surface area contributed by atoms with Gasteiger partial charge in [-0.05, 0) is 38.0 Å². The van der Waals surface area contributed by atoms with E-state index >= 15 is 0 Å². The third kappa shape index (κ3) is 4.78. The molecule has 17 heavy (non-hydrogen) atoms. The zero-order valence-corrected chi connectivity index (χ0v) is 11.5. The van der Waals surface area contributed by atoms with Crippen molar-refractivity contribution in [3.05, 3.63) is 29.8 Å². The van der Waals surface area contributed by atoms with Gasteiger partial charge in [0.2, 0.25) is 0 Å². The van der Waals surface area contributed by atoms with Gasteiger partial charge in [-0.3, -0.25) is 0 Å². The Morgan fingerprint density at radius 1 is 1.29 bits per heavy atom. The fourth-order valence-corrected chi connectivity index (χ4v) is 2.03. The Labute approximate surface area is 105 Å². The number of methoxy groups -OCH3 is 1. The van der Waals surface area contributed by atoms with Crippen molar-refractivity contribution < 1.29 is 4.74 Å². The van der Waals surface area contributed by atoms with Crippen LogP contribution in [-0.2, 0) is 0 Å². The molecule has 0 aromatic heterocycles. The maximum Gasteiger partial charge on any atom is 0.119 e. The Morgan fingerprint density at radius 2 is 2.06 bits per heavy atom. The number of unbranched alkanes of at least 4 members (excludes halogenated alkanes) is 1. The molecule has 1 aromatic rings. The number of hydrogen-bond donors (Lipinski definition) is 1. The summed E-state index contributed by atoms with van der Waals surface area (Å²) < 4.78 is 5.25. The third-order valence-corrected chi connectivity index (χ3v) is 3.12. The van der Waals surface area contributed by atoms with E-state index in [9.17, 15) is 0 Å². The summed E-state index contributed by atoms with van der Waals surface area (Å²) in [4.78, 5) is 0. The molecular weight excluding hydrogens is 210 g/mol. The number of nitrogens with one attached hydrogen (secondary N) is 1. The molecule has 0 spiro atoms. The summed E-state index contributed by atoms with van der Waals surface area (Å²) in [6.45, 7) is 6.70. The summed E-state index contributed by atoms with van der Waals surface area (Å²) >= 11 is 0. The first kappa shape index (κ1) is 14.0. The summed E-state index contributed by atoms with van der Waals surface area (Å²) in [6.07, 6.45) is 3.80. The van der Waals surface area contributed by atoms with E-state index in [-0.39, 0.29) is 0 Å². The SMILES string of the molecule is CCCCC(C)N[C@H](C)c1cccc(OC)c1. The largest absolute Gasteiger partial charge is 0.497 e. The minimum atomic E-state index is 0.372. The second kappa shape index (κ2) is 7.33. The van der Waals surface area contributed by atoms with Crippen LogP contribution in [0.3, 0.4) is 0 Å². The van der Waals surface area contributed by atoms with Crippen molar-refractivity contribution in [1.82, 2.24) is 5.32 Å². The third-order valence-electron chi connectivity index (χ3n) is 3.12. The molecule has 2 heteroatoms. The zero-order chi connectivity index (χ0) is 12.7. The first-order valence-electron chi connectivity index (χ1n) is 6.57. The Bertz CT molecular complexity index is 324. The lowest BCUT2D eigenvalue weighted by atomic mass is 10.1. The summed E-state index contributed by atoms with van der Waals surface area (Å²) in [5.74, 6) is 0.928. The Hall–Kier alpha value is -1.02. The summed E-state index contributed by atoms with van der Waals surface area (Å²) in [7, 11) is 1.71. The molecule has 0 heterocycles. The summed E-state index contributed by atoms with van der Waals surface area (Å²) in [5, 5.41) is 3.63. The van der Waals surface area contributed by atoms with Gasteiger partial charge < -0.3 is 10.1 Å². The minimum absolute atomic E-state index is 0.372. The topological polar surface area (TPSA) is 21.3 Å². The molecule has 1 rings (SSSR count). The molecule has 1 unspecified atom stereocenters. The molecule has 0 saturated carbocycles. The molecule has 0 aliphatic rings. The lowest BCUT2D eigenvalue weighted by Gasteiger charge is -2.20. The molecule has 0 aliphatic carbocycles. The number of hydrogen-bond acceptors (Lipinski definition) is 2. The van der Waals surface area contributed by atoms with E-state index in [4.69, 9.17) is 4.74 Å². The molecule has 1 aromatic carbocycles. The van der Waals surface area contributed by atoms with Crippen LogP contribution in [0.15, 0.2) is 24.3 Å². The van der Waals surface area contributed by atoms with Crippen LogP contribution in [0.4, 0.5) is 0 Å². The molecule has 0 saturated heterocycles. The lowest BCUT2D eigenvalue weighted by molar-refractivity contribution is 0.410. The van der Waals surface area contributed by atoms with Crippen molar-refractivity contribution in [2.24, 2.45) is 0 Å². The van der Waals surface area contributed by atoms with E-state index < -0.39 is 0 Å². The standard InChI is InChI=1S/C15H25NO/c1-5-6-8-12(2)16-13(3)14-9-7-10-15(11-14)17-4/h7,9-13,16H,5-6,8H2,1-4H3/t12?,13-/m1/s1. The van der Waals surface area contributed by atoms with Crippen LogP contribution in [0.5, 0.6) is 5.75 Å². The minimum Gasteiger partial charge on any atom is -0.497 e. The Balaban J connectivity index is 2.53. The van der Waals surface area contributed by atoms with Gasteiger partial charge in [-0.1, -0.05) is 31.9 Å². The highest BCUT2D eigenvalue weighted by molar-refractivity contribution is 5.30. The first-order chi connectivity index (χ1) is 8.17. The van der Waals surface area contributed by atoms with Gasteiger partial charge >= 0.3 is 0 Å². The van der Waals surface area contributed by atoms with Gasteiger partial charge in [0.25, 0.3) is 0 Å². The predicted molar refractivity (Wildman–Crippen MR) is 73.5 cm³/mol. The highest BCUT2D eigenvalue weighted by Gasteiger charge is 2.09. The molecule has 0 amide bonds. The fraction of sp³-hybridized carbons (Fsp3) is 0.600. The molecule has 0 radical (unpaired) electrons. The van der Waals surface area contributed by atoms with Crippen LogP contribution in [0.2, 0.25) is 0 Å². The van der Waals surface area contributed by atoms with Crippen molar-refractivity contribution in [2.45, 2.75) is 52.1 Å². The van der Waals surface area contributed by atoms with Crippen LogP contribution < -0.4 is 10.1 Å². The molecule has 0 bridgehead atoms. The summed E-state index contributed by atoms with van der Waals surface area (Å²) in [6, 6.07) is 9.21. The Morgan fingerprint density at radius 3 is 2.71 bits per heavy atom. The van der Waals surface area contributed by atoms with Crippen LogP contribution in [0.1, 0.15) is 51.6 Å². The second-order valence-corrected chi connectivity index (χ2v) is 4.71. The molecule has 0 aliphatic heterocycles. The zero-order valence-electron chi connectivity index (χ0n) is 11.5. The van der Waals surface area contributed by atoms with Gasteiger partial charge in [0.05, 0.1) is 7.11 Å². The van der Waals surface area contributed by atoms with Crippen molar-refractivity contribution in [2.75, 3.05) is 7.11 Å². The van der Waals surface area contributed by atoms with Gasteiger partial charge in [-0.15, -0.1) is 0 Å². The average Bonchev–Trinajstić information content (AvgIpc) is 2.36. The van der Waals surface area contributed by atoms with Crippen molar-refractivity contribution in [1.29, 1.82) is 0 Å². The molecule has 2 atom stereocenters. The second-order valence-electron chi connectivity index (χ2n) is 4.71. The number of ether oxygens (including phenoxy) is 1. The van der Waals surface area contributed by atoms with Gasteiger partial charge in [-0.2, -0.15) is 0 Å². The van der Waals surface area contributed by atoms with Crippen molar-refractivity contribution in [3.63, 3.8) is 0 Å². The van der Waals surface area contributed by atoms with E-state index in [2.05, 4.69) is 38.2 Å². The maximum atomic E-state index is 5.25. The van der Waals surface area contributed by atoms with Gasteiger partial charge in [-0.25, -0.2) is 0 Å². The summed E-state index contributed by atoms with van der Waals surface area (Å²) in [5.41, 5.74) is 1.28. The van der Waals surface area contributed by atoms with Gasteiger partial charge in [0.1, 0.15) is 5.75 Å². The van der Waals surface area contributed by atoms with E-state index in [1.807, 2.05) is 12.1 Å². The molecule has 96 valence electrons. The predicted octanol–water partition coefficient (Wildman–Crippen LogP) is 3.92. The highest BCUT2D eigenvalue weighted by atomic mass is 16.5. The highest BCUT2D eigenvalue weighted by Crippen LogP contribution is 2.19. The quantitative estimate of drug-likeness (QED) is 0.773. The van der Waals surface area contributed by atoms with E-state index in [1.165, 1.54) is 24.8 Å². The maximum absolute atomic E-state index is 5.25. The van der Waals surface area contributed by atoms with Gasteiger partial charge in [0.15, 0.2) is 0 Å². The fourth-order valence-electron chi connectivity index (χ4n) is 2.03. The Kier molecular flexibility index (Phi) is 6.06. The van der Waals surface area contributed by atoms with Crippen LogP contribution in [0.25, 0.3) is 0 Å². The molecule has 0 fully saturated rings. The van der Waals surface area contributed by atoms with E-state index in [0.717, 1.165) is 5.75 Å². The number of benzene rings is 1. The van der Waals surface area contributed by atoms with Crippen LogP contribution in [0, 0.1) is 0 Å². The van der Waals surface area contributed by atoms with Crippen LogP contribution >= 0.6 is 0 Å². The molecule has 1 N–H and O–H groups in total. The lowest BCUT2D eigenvalue weighted by Crippen LogP contribution is -2.28. The number of rotatable bonds is 7. The van der Waals surface area contributed by atoms with E-state index in [0.29, 0.717) is 12.1 Å². The normalized spacial score (nSPS) is 14.4. The molecular formula is C15H25NO.